The Bertz CT molecular complexity index is 690. The summed E-state index contributed by atoms with van der Waals surface area (Å²) in [6.07, 6.45) is 0.111. The summed E-state index contributed by atoms with van der Waals surface area (Å²) in [5.41, 5.74) is 2.41. The molecule has 0 radical (unpaired) electrons. The van der Waals surface area contributed by atoms with Crippen molar-refractivity contribution in [1.29, 1.82) is 0 Å². The predicted octanol–water partition coefficient (Wildman–Crippen LogP) is 2.56. The van der Waals surface area contributed by atoms with Crippen LogP contribution in [-0.2, 0) is 11.2 Å². The summed E-state index contributed by atoms with van der Waals surface area (Å²) in [6.45, 7) is 3.62. The van der Waals surface area contributed by atoms with Gasteiger partial charge in [-0.2, -0.15) is 5.10 Å². The zero-order valence-electron chi connectivity index (χ0n) is 11.5. The molecule has 0 aliphatic rings. The Kier molecular flexibility index (Phi) is 4.28. The van der Waals surface area contributed by atoms with E-state index in [2.05, 4.69) is 15.5 Å². The number of carboxylic acids is 1. The van der Waals surface area contributed by atoms with E-state index in [1.54, 1.807) is 13.0 Å². The number of halogens is 1. The molecule has 0 aliphatic carbocycles. The molecular formula is C14H14ClN3O3. The van der Waals surface area contributed by atoms with Gasteiger partial charge in [-0.25, -0.2) is 4.79 Å². The van der Waals surface area contributed by atoms with E-state index in [-0.39, 0.29) is 28.6 Å². The topological polar surface area (TPSA) is 95.1 Å². The van der Waals surface area contributed by atoms with Gasteiger partial charge < -0.3 is 10.4 Å². The quantitative estimate of drug-likeness (QED) is 0.809. The number of aromatic amines is 1. The van der Waals surface area contributed by atoms with Crippen molar-refractivity contribution in [1.82, 2.24) is 10.2 Å². The average molecular weight is 308 g/mol. The maximum absolute atomic E-state index is 12.1. The van der Waals surface area contributed by atoms with Crippen LogP contribution in [0.15, 0.2) is 18.2 Å². The molecule has 21 heavy (non-hydrogen) atoms. The molecule has 0 unspecified atom stereocenters. The zero-order valence-corrected chi connectivity index (χ0v) is 12.3. The van der Waals surface area contributed by atoms with Gasteiger partial charge in [-0.3, -0.25) is 9.89 Å². The third-order valence-corrected chi connectivity index (χ3v) is 3.43. The molecule has 1 heterocycles. The minimum Gasteiger partial charge on any atom is -0.478 e. The van der Waals surface area contributed by atoms with Gasteiger partial charge >= 0.3 is 5.97 Å². The maximum Gasteiger partial charge on any atom is 0.339 e. The number of nitrogens with zero attached hydrogens (tertiary/aromatic N) is 1. The average Bonchev–Trinajstić information content (AvgIpc) is 2.70. The van der Waals surface area contributed by atoms with Gasteiger partial charge in [-0.1, -0.05) is 17.7 Å². The highest BCUT2D eigenvalue weighted by Crippen LogP contribution is 2.24. The Balaban J connectivity index is 2.21. The number of carboxylic acid groups (broad SMARTS) is 1. The molecule has 2 rings (SSSR count). The monoisotopic (exact) mass is 307 g/mol. The Morgan fingerprint density at radius 1 is 1.38 bits per heavy atom. The minimum absolute atomic E-state index is 0.0796. The Hall–Kier alpha value is -2.34. The SMILES string of the molecule is Cc1n[nH]c(C)c1CC(=O)Nc1cccc(Cl)c1C(=O)O. The number of H-pyrrole nitrogens is 1. The fourth-order valence-electron chi connectivity index (χ4n) is 2.04. The van der Waals surface area contributed by atoms with Crippen molar-refractivity contribution < 1.29 is 14.7 Å². The first kappa shape index (κ1) is 15.1. The number of anilines is 1. The molecule has 6 nitrogen and oxygen atoms in total. The van der Waals surface area contributed by atoms with E-state index in [0.717, 1.165) is 17.0 Å². The van der Waals surface area contributed by atoms with Crippen molar-refractivity contribution in [2.24, 2.45) is 0 Å². The lowest BCUT2D eigenvalue weighted by Crippen LogP contribution is -2.17. The molecule has 0 saturated carbocycles. The first-order chi connectivity index (χ1) is 9.90. The molecular weight excluding hydrogens is 294 g/mol. The summed E-state index contributed by atoms with van der Waals surface area (Å²) in [4.78, 5) is 23.3. The second-order valence-electron chi connectivity index (χ2n) is 4.61. The van der Waals surface area contributed by atoms with Crippen LogP contribution in [0.25, 0.3) is 0 Å². The summed E-state index contributed by atoms with van der Waals surface area (Å²) in [5.74, 6) is -1.51. The number of hydrogen-bond donors (Lipinski definition) is 3. The minimum atomic E-state index is -1.19. The van der Waals surface area contributed by atoms with E-state index in [0.29, 0.717) is 0 Å². The van der Waals surface area contributed by atoms with E-state index in [9.17, 15) is 9.59 Å². The molecule has 0 fully saturated rings. The summed E-state index contributed by atoms with van der Waals surface area (Å²) in [6, 6.07) is 4.55. The Morgan fingerprint density at radius 2 is 2.10 bits per heavy atom. The number of aromatic carboxylic acids is 1. The normalized spacial score (nSPS) is 10.4. The van der Waals surface area contributed by atoms with E-state index in [1.807, 2.05) is 6.92 Å². The zero-order chi connectivity index (χ0) is 15.6. The fraction of sp³-hybridized carbons (Fsp3) is 0.214. The fourth-order valence-corrected chi connectivity index (χ4v) is 2.29. The Labute approximate surface area is 126 Å². The first-order valence-corrected chi connectivity index (χ1v) is 6.60. The van der Waals surface area contributed by atoms with Crippen molar-refractivity contribution in [2.75, 3.05) is 5.32 Å². The predicted molar refractivity (Wildman–Crippen MR) is 78.8 cm³/mol. The first-order valence-electron chi connectivity index (χ1n) is 6.22. The third kappa shape index (κ3) is 3.22. The highest BCUT2D eigenvalue weighted by molar-refractivity contribution is 6.34. The number of aryl methyl sites for hydroxylation is 2. The molecule has 0 saturated heterocycles. The Morgan fingerprint density at radius 3 is 2.67 bits per heavy atom. The number of amides is 1. The van der Waals surface area contributed by atoms with Crippen molar-refractivity contribution in [2.45, 2.75) is 20.3 Å². The number of carbonyl (C=O) groups is 2. The van der Waals surface area contributed by atoms with Crippen LogP contribution in [0.3, 0.4) is 0 Å². The molecule has 0 spiro atoms. The molecule has 0 aliphatic heterocycles. The van der Waals surface area contributed by atoms with Gasteiger partial charge in [0.05, 0.1) is 22.8 Å². The second kappa shape index (κ2) is 5.97. The maximum atomic E-state index is 12.1. The number of hydrogen-bond acceptors (Lipinski definition) is 3. The van der Waals surface area contributed by atoms with Crippen LogP contribution < -0.4 is 5.32 Å². The van der Waals surface area contributed by atoms with Crippen molar-refractivity contribution in [3.63, 3.8) is 0 Å². The van der Waals surface area contributed by atoms with Gasteiger partial charge in [-0.15, -0.1) is 0 Å². The molecule has 110 valence electrons. The van der Waals surface area contributed by atoms with Gasteiger partial charge in [0.15, 0.2) is 0 Å². The number of carbonyl (C=O) groups excluding carboxylic acids is 1. The van der Waals surface area contributed by atoms with Gasteiger partial charge in [0.25, 0.3) is 0 Å². The van der Waals surface area contributed by atoms with E-state index >= 15 is 0 Å². The van der Waals surface area contributed by atoms with Gasteiger partial charge in [0.2, 0.25) is 5.91 Å². The third-order valence-electron chi connectivity index (χ3n) is 3.12. The molecule has 0 bridgehead atoms. The van der Waals surface area contributed by atoms with Gasteiger partial charge in [0, 0.05) is 11.3 Å². The summed E-state index contributed by atoms with van der Waals surface area (Å²) < 4.78 is 0. The number of aromatic nitrogens is 2. The molecule has 3 N–H and O–H groups in total. The van der Waals surface area contributed by atoms with E-state index in [1.165, 1.54) is 12.1 Å². The van der Waals surface area contributed by atoms with Crippen LogP contribution in [0.5, 0.6) is 0 Å². The lowest BCUT2D eigenvalue weighted by atomic mass is 10.1. The van der Waals surface area contributed by atoms with E-state index < -0.39 is 5.97 Å². The largest absolute Gasteiger partial charge is 0.478 e. The van der Waals surface area contributed by atoms with Gasteiger partial charge in [0.1, 0.15) is 5.56 Å². The summed E-state index contributed by atoms with van der Waals surface area (Å²) in [7, 11) is 0. The molecule has 2 aromatic rings. The lowest BCUT2D eigenvalue weighted by Gasteiger charge is -2.09. The van der Waals surface area contributed by atoms with Crippen LogP contribution in [0.1, 0.15) is 27.3 Å². The molecule has 1 aromatic heterocycles. The molecule has 7 heteroatoms. The van der Waals surface area contributed by atoms with Crippen molar-refractivity contribution in [3.05, 3.63) is 45.7 Å². The van der Waals surface area contributed by atoms with Crippen LogP contribution in [0.2, 0.25) is 5.02 Å². The van der Waals surface area contributed by atoms with E-state index in [4.69, 9.17) is 16.7 Å². The van der Waals surface area contributed by atoms with Crippen LogP contribution in [0.4, 0.5) is 5.69 Å². The van der Waals surface area contributed by atoms with Gasteiger partial charge in [-0.05, 0) is 26.0 Å². The second-order valence-corrected chi connectivity index (χ2v) is 5.01. The van der Waals surface area contributed by atoms with Crippen molar-refractivity contribution in [3.8, 4) is 0 Å². The molecule has 1 amide bonds. The molecule has 1 aromatic carbocycles. The number of benzene rings is 1. The lowest BCUT2D eigenvalue weighted by molar-refractivity contribution is -0.115. The standard InChI is InChI=1S/C14H14ClN3O3/c1-7-9(8(2)18-17-7)6-12(19)16-11-5-3-4-10(15)13(11)14(20)21/h3-5H,6H2,1-2H3,(H,16,19)(H,17,18)(H,20,21). The van der Waals surface area contributed by atoms with Crippen molar-refractivity contribution >= 4 is 29.2 Å². The molecule has 0 atom stereocenters. The van der Waals surface area contributed by atoms with Crippen LogP contribution in [0, 0.1) is 13.8 Å². The highest BCUT2D eigenvalue weighted by Gasteiger charge is 2.17. The highest BCUT2D eigenvalue weighted by atomic mass is 35.5. The number of rotatable bonds is 4. The summed E-state index contributed by atoms with van der Waals surface area (Å²) in [5, 5.41) is 18.6. The van der Waals surface area contributed by atoms with Crippen LogP contribution in [-0.4, -0.2) is 27.2 Å². The summed E-state index contributed by atoms with van der Waals surface area (Å²) >= 11 is 5.85. The van der Waals surface area contributed by atoms with Crippen LogP contribution >= 0.6 is 11.6 Å². The smallest absolute Gasteiger partial charge is 0.339 e. The number of nitrogens with one attached hydrogen (secondary N) is 2.